The van der Waals surface area contributed by atoms with Crippen molar-refractivity contribution in [1.29, 1.82) is 0 Å². The molecule has 0 unspecified atom stereocenters. The third-order valence-electron chi connectivity index (χ3n) is 3.88. The number of para-hydroxylation sites is 2. The summed E-state index contributed by atoms with van der Waals surface area (Å²) in [5.74, 6) is -0.224. The molecule has 3 aromatic rings. The molecule has 0 bridgehead atoms. The average molecular weight is 330 g/mol. The molecule has 2 aromatic carbocycles. The minimum absolute atomic E-state index is 0. The first kappa shape index (κ1) is 18.6. The fourth-order valence-corrected chi connectivity index (χ4v) is 2.70. The number of aromatic nitrogens is 2. The molecule has 0 aliphatic rings. The topological polar surface area (TPSA) is 50.0 Å². The first-order valence-corrected chi connectivity index (χ1v) is 7.88. The summed E-state index contributed by atoms with van der Waals surface area (Å²) in [6.45, 7) is 2.05. The van der Waals surface area contributed by atoms with E-state index in [2.05, 4.69) is 0 Å². The number of unbranched alkanes of at least 4 members (excludes halogenated alkanes) is 1. The Balaban J connectivity index is 0.00000208. The van der Waals surface area contributed by atoms with E-state index in [0.29, 0.717) is 23.4 Å². The van der Waals surface area contributed by atoms with Gasteiger partial charge in [-0.15, -0.1) is 0 Å². The zero-order chi connectivity index (χ0) is 16.2. The van der Waals surface area contributed by atoms with Gasteiger partial charge in [0.05, 0.1) is 11.4 Å². The SMILES string of the molecule is CCCCc1c([O-])n(-c2ccccc2)n(-c2ccccc2)c1=O.[Na+]. The Morgan fingerprint density at radius 3 is 1.88 bits per heavy atom. The van der Waals surface area contributed by atoms with E-state index >= 15 is 0 Å². The monoisotopic (exact) mass is 330 g/mol. The second kappa shape index (κ2) is 8.38. The van der Waals surface area contributed by atoms with Crippen LogP contribution in [0.5, 0.6) is 5.88 Å². The number of benzene rings is 2. The molecule has 0 saturated heterocycles. The predicted molar refractivity (Wildman–Crippen MR) is 89.4 cm³/mol. The van der Waals surface area contributed by atoms with E-state index in [-0.39, 0.29) is 41.0 Å². The standard InChI is InChI=1S/C19H20N2O2.Na/c1-2-3-14-17-18(22)20(15-10-6-4-7-11-15)21(19(17)23)16-12-8-5-9-13-16;/h4-13,22H,2-3,14H2,1H3;/q;+1/p-1. The van der Waals surface area contributed by atoms with Gasteiger partial charge in [-0.1, -0.05) is 49.7 Å². The van der Waals surface area contributed by atoms with E-state index in [1.807, 2.05) is 67.6 Å². The summed E-state index contributed by atoms with van der Waals surface area (Å²) < 4.78 is 2.95. The Kier molecular flexibility index (Phi) is 6.49. The first-order chi connectivity index (χ1) is 11.2. The zero-order valence-corrected chi connectivity index (χ0v) is 16.1. The summed E-state index contributed by atoms with van der Waals surface area (Å²) in [5, 5.41) is 12.8. The fourth-order valence-electron chi connectivity index (χ4n) is 2.70. The summed E-state index contributed by atoms with van der Waals surface area (Å²) in [6, 6.07) is 18.6. The number of rotatable bonds is 5. The second-order valence-corrected chi connectivity index (χ2v) is 5.49. The molecule has 0 spiro atoms. The molecular weight excluding hydrogens is 311 g/mol. The van der Waals surface area contributed by atoms with Crippen LogP contribution in [0.2, 0.25) is 0 Å². The quantitative estimate of drug-likeness (QED) is 0.621. The molecule has 1 aromatic heterocycles. The van der Waals surface area contributed by atoms with Crippen LogP contribution in [0.3, 0.4) is 0 Å². The van der Waals surface area contributed by atoms with Gasteiger partial charge in [0.15, 0.2) is 0 Å². The molecule has 0 aliphatic heterocycles. The maximum atomic E-state index is 12.8. The fraction of sp³-hybridized carbons (Fsp3) is 0.211. The molecular formula is C19H19N2NaO2. The summed E-state index contributed by atoms with van der Waals surface area (Å²) in [4.78, 5) is 12.8. The molecule has 0 atom stereocenters. The van der Waals surface area contributed by atoms with Crippen molar-refractivity contribution >= 4 is 0 Å². The van der Waals surface area contributed by atoms with Gasteiger partial charge >= 0.3 is 29.6 Å². The Labute approximate surface area is 163 Å². The Morgan fingerprint density at radius 1 is 0.875 bits per heavy atom. The Morgan fingerprint density at radius 2 is 1.38 bits per heavy atom. The number of hydrogen-bond donors (Lipinski definition) is 0. The van der Waals surface area contributed by atoms with Gasteiger partial charge in [0, 0.05) is 5.56 Å². The molecule has 118 valence electrons. The predicted octanol–water partition coefficient (Wildman–Crippen LogP) is 0.0484. The largest absolute Gasteiger partial charge is 1.00 e. The van der Waals surface area contributed by atoms with Crippen LogP contribution in [0.25, 0.3) is 11.4 Å². The normalized spacial score (nSPS) is 10.4. The van der Waals surface area contributed by atoms with Crippen LogP contribution in [-0.4, -0.2) is 9.36 Å². The van der Waals surface area contributed by atoms with Gasteiger partial charge < -0.3 is 5.11 Å². The molecule has 24 heavy (non-hydrogen) atoms. The van der Waals surface area contributed by atoms with Crippen molar-refractivity contribution < 1.29 is 34.7 Å². The van der Waals surface area contributed by atoms with Crippen molar-refractivity contribution in [3.05, 3.63) is 76.6 Å². The zero-order valence-electron chi connectivity index (χ0n) is 14.1. The minimum atomic E-state index is -0.224. The molecule has 0 saturated carbocycles. The van der Waals surface area contributed by atoms with E-state index in [1.165, 1.54) is 9.36 Å². The van der Waals surface area contributed by atoms with E-state index < -0.39 is 0 Å². The summed E-state index contributed by atoms with van der Waals surface area (Å²) >= 11 is 0. The van der Waals surface area contributed by atoms with E-state index in [1.54, 1.807) is 0 Å². The van der Waals surface area contributed by atoms with Crippen molar-refractivity contribution in [3.8, 4) is 17.3 Å². The first-order valence-electron chi connectivity index (χ1n) is 7.88. The van der Waals surface area contributed by atoms with Crippen molar-refractivity contribution in [2.45, 2.75) is 26.2 Å². The Bertz CT molecular complexity index is 839. The molecule has 5 heteroatoms. The number of hydrogen-bond acceptors (Lipinski definition) is 2. The third kappa shape index (κ3) is 3.51. The van der Waals surface area contributed by atoms with Crippen LogP contribution in [0.15, 0.2) is 65.5 Å². The maximum Gasteiger partial charge on any atom is 1.00 e. The van der Waals surface area contributed by atoms with E-state index in [0.717, 1.165) is 12.8 Å². The number of nitrogens with zero attached hydrogens (tertiary/aromatic N) is 2. The van der Waals surface area contributed by atoms with Crippen LogP contribution < -0.4 is 40.2 Å². The van der Waals surface area contributed by atoms with Crippen molar-refractivity contribution in [2.75, 3.05) is 0 Å². The average Bonchev–Trinajstić information content (AvgIpc) is 2.85. The van der Waals surface area contributed by atoms with Gasteiger partial charge in [0.25, 0.3) is 5.56 Å². The van der Waals surface area contributed by atoms with Gasteiger partial charge in [0.2, 0.25) is 0 Å². The maximum absolute atomic E-state index is 12.8. The molecule has 1 heterocycles. The van der Waals surface area contributed by atoms with Gasteiger partial charge in [0.1, 0.15) is 0 Å². The van der Waals surface area contributed by atoms with Crippen LogP contribution in [0.4, 0.5) is 0 Å². The van der Waals surface area contributed by atoms with Crippen molar-refractivity contribution in [3.63, 3.8) is 0 Å². The molecule has 0 aliphatic carbocycles. The molecule has 0 fully saturated rings. The van der Waals surface area contributed by atoms with Crippen LogP contribution in [0.1, 0.15) is 25.3 Å². The van der Waals surface area contributed by atoms with Crippen LogP contribution in [-0.2, 0) is 6.42 Å². The third-order valence-corrected chi connectivity index (χ3v) is 3.88. The van der Waals surface area contributed by atoms with Gasteiger partial charge in [-0.2, -0.15) is 0 Å². The van der Waals surface area contributed by atoms with Crippen molar-refractivity contribution in [1.82, 2.24) is 9.36 Å². The summed E-state index contributed by atoms with van der Waals surface area (Å²) in [7, 11) is 0. The summed E-state index contributed by atoms with van der Waals surface area (Å²) in [5.41, 5.74) is 1.53. The molecule has 0 N–H and O–H groups in total. The van der Waals surface area contributed by atoms with E-state index in [4.69, 9.17) is 0 Å². The second-order valence-electron chi connectivity index (χ2n) is 5.49. The molecule has 0 amide bonds. The van der Waals surface area contributed by atoms with Crippen molar-refractivity contribution in [2.24, 2.45) is 0 Å². The molecule has 4 nitrogen and oxygen atoms in total. The van der Waals surface area contributed by atoms with E-state index in [9.17, 15) is 9.90 Å². The minimum Gasteiger partial charge on any atom is -0.858 e. The van der Waals surface area contributed by atoms with Crippen LogP contribution >= 0.6 is 0 Å². The van der Waals surface area contributed by atoms with Gasteiger partial charge in [-0.25, -0.2) is 4.68 Å². The molecule has 3 rings (SSSR count). The summed E-state index contributed by atoms with van der Waals surface area (Å²) in [6.07, 6.45) is 2.29. The molecule has 0 radical (unpaired) electrons. The van der Waals surface area contributed by atoms with Crippen LogP contribution in [0, 0.1) is 0 Å². The Hall–Kier alpha value is -1.75. The van der Waals surface area contributed by atoms with Gasteiger partial charge in [-0.05, 0) is 43.0 Å². The smallest absolute Gasteiger partial charge is 0.858 e. The van der Waals surface area contributed by atoms with Gasteiger partial charge in [-0.3, -0.25) is 9.48 Å².